The van der Waals surface area contributed by atoms with Gasteiger partial charge in [0.1, 0.15) is 0 Å². The Kier molecular flexibility index (Phi) is 7.97. The van der Waals surface area contributed by atoms with E-state index in [1.807, 2.05) is 0 Å². The number of unbranched alkanes of at least 4 members (excludes halogenated alkanes) is 3. The largest absolute Gasteiger partial charge is 0.478 e. The highest BCUT2D eigenvalue weighted by molar-refractivity contribution is 6.02. The number of carboxylic acids is 1. The van der Waals surface area contributed by atoms with Crippen LogP contribution in [-0.2, 0) is 4.74 Å². The quantitative estimate of drug-likeness (QED) is 0.394. The van der Waals surface area contributed by atoms with Crippen LogP contribution in [0.1, 0.15) is 66.2 Å². The van der Waals surface area contributed by atoms with E-state index in [2.05, 4.69) is 13.5 Å². The van der Waals surface area contributed by atoms with Crippen molar-refractivity contribution in [1.82, 2.24) is 0 Å². The Morgan fingerprint density at radius 2 is 1.73 bits per heavy atom. The number of ether oxygens (including phenoxy) is 1. The van der Waals surface area contributed by atoms with Crippen LogP contribution in [0.15, 0.2) is 36.4 Å². The third-order valence-electron chi connectivity index (χ3n) is 3.54. The van der Waals surface area contributed by atoms with E-state index in [4.69, 9.17) is 9.84 Å². The molecule has 4 heteroatoms. The molecule has 0 aliphatic carbocycles. The minimum Gasteiger partial charge on any atom is -0.478 e. The second-order valence-corrected chi connectivity index (χ2v) is 5.25. The molecule has 1 N–H and O–H groups in total. The Hall–Kier alpha value is -2.10. The van der Waals surface area contributed by atoms with Gasteiger partial charge in [0.15, 0.2) is 0 Å². The van der Waals surface area contributed by atoms with E-state index in [9.17, 15) is 9.59 Å². The summed E-state index contributed by atoms with van der Waals surface area (Å²) in [5, 5.41) is 9.03. The number of carbonyl (C=O) groups excluding carboxylic acids is 1. The number of hydrogen-bond acceptors (Lipinski definition) is 3. The van der Waals surface area contributed by atoms with E-state index in [1.54, 1.807) is 12.1 Å². The van der Waals surface area contributed by atoms with Gasteiger partial charge in [-0.1, -0.05) is 44.1 Å². The molecule has 0 saturated heterocycles. The van der Waals surface area contributed by atoms with Crippen molar-refractivity contribution >= 4 is 11.9 Å². The smallest absolute Gasteiger partial charge is 0.339 e. The molecule has 1 aromatic carbocycles. The van der Waals surface area contributed by atoms with Crippen LogP contribution in [0.5, 0.6) is 0 Å². The lowest BCUT2D eigenvalue weighted by Crippen LogP contribution is -2.12. The third kappa shape index (κ3) is 6.12. The van der Waals surface area contributed by atoms with Crippen LogP contribution >= 0.6 is 0 Å². The summed E-state index contributed by atoms with van der Waals surface area (Å²) in [4.78, 5) is 22.9. The molecule has 0 radical (unpaired) electrons. The normalized spacial score (nSPS) is 10.2. The van der Waals surface area contributed by atoms with E-state index < -0.39 is 11.9 Å². The van der Waals surface area contributed by atoms with Crippen LogP contribution in [0.2, 0.25) is 0 Å². The summed E-state index contributed by atoms with van der Waals surface area (Å²) < 4.78 is 5.15. The van der Waals surface area contributed by atoms with Gasteiger partial charge in [0.05, 0.1) is 17.7 Å². The summed E-state index contributed by atoms with van der Waals surface area (Å²) in [6, 6.07) is 6.09. The summed E-state index contributed by atoms with van der Waals surface area (Å²) in [5.74, 6) is -1.69. The van der Waals surface area contributed by atoms with E-state index in [-0.39, 0.29) is 11.1 Å². The van der Waals surface area contributed by atoms with Gasteiger partial charge >= 0.3 is 11.9 Å². The molecule has 4 nitrogen and oxygen atoms in total. The average Bonchev–Trinajstić information content (AvgIpc) is 2.53. The number of esters is 1. The summed E-state index contributed by atoms with van der Waals surface area (Å²) >= 11 is 0. The molecular formula is C18H24O4. The second-order valence-electron chi connectivity index (χ2n) is 5.25. The molecule has 1 aromatic rings. The topological polar surface area (TPSA) is 63.6 Å². The van der Waals surface area contributed by atoms with Gasteiger partial charge in [0.2, 0.25) is 0 Å². The van der Waals surface area contributed by atoms with Gasteiger partial charge in [0.25, 0.3) is 0 Å². The summed E-state index contributed by atoms with van der Waals surface area (Å²) in [5.41, 5.74) is 1.36. The van der Waals surface area contributed by atoms with Gasteiger partial charge in [-0.2, -0.15) is 0 Å². The number of hydrogen-bond donors (Lipinski definition) is 1. The van der Waals surface area contributed by atoms with Crippen LogP contribution in [0.4, 0.5) is 0 Å². The van der Waals surface area contributed by atoms with Crippen molar-refractivity contribution in [2.75, 3.05) is 6.61 Å². The van der Waals surface area contributed by atoms with Gasteiger partial charge in [-0.25, -0.2) is 9.59 Å². The maximum absolute atomic E-state index is 11.9. The third-order valence-corrected chi connectivity index (χ3v) is 3.54. The van der Waals surface area contributed by atoms with E-state index >= 15 is 0 Å². The Morgan fingerprint density at radius 3 is 2.36 bits per heavy atom. The zero-order chi connectivity index (χ0) is 16.4. The van der Waals surface area contributed by atoms with Crippen LogP contribution < -0.4 is 0 Å². The van der Waals surface area contributed by atoms with Crippen molar-refractivity contribution in [1.29, 1.82) is 0 Å². The number of benzene rings is 1. The average molecular weight is 304 g/mol. The van der Waals surface area contributed by atoms with Crippen LogP contribution in [-0.4, -0.2) is 23.7 Å². The number of aromatic carboxylic acids is 1. The molecule has 22 heavy (non-hydrogen) atoms. The van der Waals surface area contributed by atoms with E-state index in [1.165, 1.54) is 17.7 Å². The van der Waals surface area contributed by atoms with Crippen molar-refractivity contribution in [2.45, 2.75) is 45.4 Å². The first-order valence-electron chi connectivity index (χ1n) is 7.72. The van der Waals surface area contributed by atoms with E-state index in [0.717, 1.165) is 38.5 Å². The second kappa shape index (κ2) is 9.77. The van der Waals surface area contributed by atoms with E-state index in [0.29, 0.717) is 6.61 Å². The first-order valence-corrected chi connectivity index (χ1v) is 7.72. The zero-order valence-corrected chi connectivity index (χ0v) is 13.1. The molecular weight excluding hydrogens is 280 g/mol. The molecule has 0 aromatic heterocycles. The zero-order valence-electron chi connectivity index (χ0n) is 13.1. The standard InChI is InChI=1S/C18H24O4/c1-3-14(2)10-6-4-5-9-13-22-18(21)16-12-8-7-11-15(16)17(19)20/h7-8,11-12H,2-6,9-10,13H2,1H3,(H,19,20). The van der Waals surface area contributed by atoms with Gasteiger partial charge in [-0.05, 0) is 37.8 Å². The first-order chi connectivity index (χ1) is 10.6. The molecule has 0 fully saturated rings. The Bertz CT molecular complexity index is 520. The predicted molar refractivity (Wildman–Crippen MR) is 86.2 cm³/mol. The molecule has 0 aliphatic rings. The number of carboxylic acid groups (broad SMARTS) is 1. The van der Waals surface area contributed by atoms with Crippen molar-refractivity contribution < 1.29 is 19.4 Å². The van der Waals surface area contributed by atoms with Crippen molar-refractivity contribution in [3.8, 4) is 0 Å². The lowest BCUT2D eigenvalue weighted by atomic mass is 10.1. The number of allylic oxidation sites excluding steroid dienone is 1. The van der Waals surface area contributed by atoms with Gasteiger partial charge in [-0.15, -0.1) is 0 Å². The molecule has 0 aliphatic heterocycles. The maximum atomic E-state index is 11.9. The Balaban J connectivity index is 2.27. The fourth-order valence-electron chi connectivity index (χ4n) is 2.10. The summed E-state index contributed by atoms with van der Waals surface area (Å²) in [6.45, 7) is 6.40. The minimum absolute atomic E-state index is 0.0226. The Labute approximate surface area is 131 Å². The highest BCUT2D eigenvalue weighted by atomic mass is 16.5. The summed E-state index contributed by atoms with van der Waals surface area (Å²) in [7, 11) is 0. The molecule has 120 valence electrons. The lowest BCUT2D eigenvalue weighted by Gasteiger charge is -2.07. The van der Waals surface area contributed by atoms with Gasteiger partial charge < -0.3 is 9.84 Å². The molecule has 0 amide bonds. The molecule has 0 atom stereocenters. The molecule has 0 saturated carbocycles. The lowest BCUT2D eigenvalue weighted by molar-refractivity contribution is 0.0487. The minimum atomic E-state index is -1.12. The van der Waals surface area contributed by atoms with Crippen LogP contribution in [0, 0.1) is 0 Å². The monoisotopic (exact) mass is 304 g/mol. The van der Waals surface area contributed by atoms with Gasteiger partial charge in [0, 0.05) is 0 Å². The molecule has 0 bridgehead atoms. The fraction of sp³-hybridized carbons (Fsp3) is 0.444. The predicted octanol–water partition coefficient (Wildman–Crippen LogP) is 4.46. The van der Waals surface area contributed by atoms with Crippen molar-refractivity contribution in [3.05, 3.63) is 47.5 Å². The number of rotatable bonds is 10. The van der Waals surface area contributed by atoms with Crippen LogP contribution in [0.25, 0.3) is 0 Å². The SMILES string of the molecule is C=C(CC)CCCCCCOC(=O)c1ccccc1C(=O)O. The Morgan fingerprint density at radius 1 is 1.09 bits per heavy atom. The molecule has 0 heterocycles. The maximum Gasteiger partial charge on any atom is 0.339 e. The molecule has 0 unspecified atom stereocenters. The highest BCUT2D eigenvalue weighted by Gasteiger charge is 2.16. The van der Waals surface area contributed by atoms with Gasteiger partial charge in [-0.3, -0.25) is 0 Å². The summed E-state index contributed by atoms with van der Waals surface area (Å²) in [6.07, 6.45) is 6.07. The van der Waals surface area contributed by atoms with Crippen molar-refractivity contribution in [3.63, 3.8) is 0 Å². The van der Waals surface area contributed by atoms with Crippen molar-refractivity contribution in [2.24, 2.45) is 0 Å². The fourth-order valence-corrected chi connectivity index (χ4v) is 2.10. The highest BCUT2D eigenvalue weighted by Crippen LogP contribution is 2.13. The first kappa shape index (κ1) is 18.0. The molecule has 0 spiro atoms. The van der Waals surface area contributed by atoms with Crippen LogP contribution in [0.3, 0.4) is 0 Å². The molecule has 1 rings (SSSR count). The number of carbonyl (C=O) groups is 2.